The molecule has 1 aromatic carbocycles. The van der Waals surface area contributed by atoms with Crippen LogP contribution in [-0.4, -0.2) is 89.3 Å². The largest absolute Gasteiger partial charge is 0.494 e. The van der Waals surface area contributed by atoms with Gasteiger partial charge in [-0.3, -0.25) is 14.4 Å². The lowest BCUT2D eigenvalue weighted by Crippen LogP contribution is -2.58. The van der Waals surface area contributed by atoms with Crippen molar-refractivity contribution < 1.29 is 29.0 Å². The lowest BCUT2D eigenvalue weighted by atomic mass is 9.70. The van der Waals surface area contributed by atoms with Crippen LogP contribution in [0.15, 0.2) is 49.6 Å². The number of amides is 3. The van der Waals surface area contributed by atoms with Crippen molar-refractivity contribution >= 4 is 23.4 Å². The van der Waals surface area contributed by atoms with Crippen LogP contribution in [0, 0.1) is 11.8 Å². The van der Waals surface area contributed by atoms with E-state index in [0.29, 0.717) is 44.0 Å². The Morgan fingerprint density at radius 1 is 1.20 bits per heavy atom. The molecular weight excluding hydrogens is 510 g/mol. The summed E-state index contributed by atoms with van der Waals surface area (Å²) >= 11 is 0. The second-order valence-corrected chi connectivity index (χ2v) is 10.9. The van der Waals surface area contributed by atoms with Gasteiger partial charge in [0, 0.05) is 25.3 Å². The molecule has 3 aliphatic rings. The van der Waals surface area contributed by atoms with Crippen LogP contribution in [0.4, 0.5) is 5.69 Å². The summed E-state index contributed by atoms with van der Waals surface area (Å²) < 4.78 is 12.1. The molecule has 2 bridgehead atoms. The minimum Gasteiger partial charge on any atom is -0.494 e. The van der Waals surface area contributed by atoms with Gasteiger partial charge >= 0.3 is 0 Å². The minimum atomic E-state index is -1.12. The van der Waals surface area contributed by atoms with E-state index in [4.69, 9.17) is 9.47 Å². The molecular formula is C31H43N3O6. The van der Waals surface area contributed by atoms with Gasteiger partial charge in [-0.05, 0) is 57.4 Å². The van der Waals surface area contributed by atoms with Gasteiger partial charge in [0.1, 0.15) is 17.4 Å². The number of aliphatic hydroxyl groups is 1. The predicted molar refractivity (Wildman–Crippen MR) is 153 cm³/mol. The van der Waals surface area contributed by atoms with Crippen molar-refractivity contribution in [3.05, 3.63) is 49.6 Å². The zero-order valence-corrected chi connectivity index (χ0v) is 24.0. The van der Waals surface area contributed by atoms with Crippen LogP contribution in [0.5, 0.6) is 5.75 Å². The van der Waals surface area contributed by atoms with E-state index in [2.05, 4.69) is 20.1 Å². The Balaban J connectivity index is 1.72. The first kappa shape index (κ1) is 29.8. The lowest BCUT2D eigenvalue weighted by molar-refractivity contribution is -0.150. The third-order valence-corrected chi connectivity index (χ3v) is 8.48. The Morgan fingerprint density at radius 2 is 1.90 bits per heavy atom. The van der Waals surface area contributed by atoms with E-state index in [-0.39, 0.29) is 30.9 Å². The van der Waals surface area contributed by atoms with Gasteiger partial charge in [-0.1, -0.05) is 25.5 Å². The number of carbonyl (C=O) groups excluding carboxylic acids is 3. The number of ether oxygens (including phenoxy) is 2. The van der Waals surface area contributed by atoms with E-state index in [1.165, 1.54) is 4.90 Å². The number of likely N-dealkylation sites (tertiary alicyclic amines) is 1. The summed E-state index contributed by atoms with van der Waals surface area (Å²) in [6.45, 7) is 14.7. The van der Waals surface area contributed by atoms with Crippen molar-refractivity contribution in [1.29, 1.82) is 0 Å². The van der Waals surface area contributed by atoms with E-state index in [1.54, 1.807) is 28.9 Å². The second kappa shape index (κ2) is 12.6. The van der Waals surface area contributed by atoms with Crippen molar-refractivity contribution in [2.45, 2.75) is 70.2 Å². The molecule has 9 nitrogen and oxygen atoms in total. The molecule has 3 heterocycles. The maximum Gasteiger partial charge on any atom is 0.248 e. The zero-order chi connectivity index (χ0) is 29.0. The highest BCUT2D eigenvalue weighted by Gasteiger charge is 2.75. The van der Waals surface area contributed by atoms with Crippen LogP contribution in [0.1, 0.15) is 46.5 Å². The molecule has 3 amide bonds. The molecule has 1 N–H and O–H groups in total. The van der Waals surface area contributed by atoms with Gasteiger partial charge in [-0.25, -0.2) is 0 Å². The first-order valence-corrected chi connectivity index (χ1v) is 14.4. The van der Waals surface area contributed by atoms with Gasteiger partial charge in [0.15, 0.2) is 0 Å². The third kappa shape index (κ3) is 5.05. The molecule has 0 saturated carbocycles. The molecule has 3 saturated heterocycles. The van der Waals surface area contributed by atoms with Crippen LogP contribution >= 0.6 is 0 Å². The molecule has 0 radical (unpaired) electrons. The van der Waals surface area contributed by atoms with Crippen LogP contribution in [-0.2, 0) is 19.1 Å². The van der Waals surface area contributed by atoms with Gasteiger partial charge in [0.25, 0.3) is 0 Å². The van der Waals surface area contributed by atoms with E-state index < -0.39 is 35.6 Å². The Kier molecular flexibility index (Phi) is 9.36. The standard InChI is InChI=1S/C31H43N3O6/c1-6-10-19-32(17-7-2)30(38)27-31-16-15-24(40-31)25(26(31)29(37)34(27)21(5)20-35)28(36)33(18-8-3)22-11-13-23(14-12-22)39-9-4/h7-8,11-14,21,24-27,35H,2-3,6,9-10,15-20H2,1,4-5H3/t21-,24+,25-,26+,27?,31?/m1/s1. The minimum absolute atomic E-state index is 0.215. The first-order chi connectivity index (χ1) is 19.3. The van der Waals surface area contributed by atoms with Crippen molar-refractivity contribution in [2.24, 2.45) is 11.8 Å². The van der Waals surface area contributed by atoms with Gasteiger partial charge < -0.3 is 29.3 Å². The van der Waals surface area contributed by atoms with Crippen LogP contribution in [0.25, 0.3) is 0 Å². The quantitative estimate of drug-likeness (QED) is 0.356. The molecule has 9 heteroatoms. The van der Waals surface area contributed by atoms with Crippen LogP contribution < -0.4 is 9.64 Å². The lowest BCUT2D eigenvalue weighted by Gasteiger charge is -2.38. The second-order valence-electron chi connectivity index (χ2n) is 10.9. The number of fused-ring (bicyclic) bond motifs is 1. The summed E-state index contributed by atoms with van der Waals surface area (Å²) in [5.74, 6) is -1.61. The zero-order valence-electron chi connectivity index (χ0n) is 24.0. The molecule has 218 valence electrons. The monoisotopic (exact) mass is 553 g/mol. The molecule has 1 aromatic rings. The average molecular weight is 554 g/mol. The van der Waals surface area contributed by atoms with Crippen molar-refractivity contribution in [3.63, 3.8) is 0 Å². The summed E-state index contributed by atoms with van der Waals surface area (Å²) in [5.41, 5.74) is -0.451. The number of hydrogen-bond acceptors (Lipinski definition) is 6. The summed E-state index contributed by atoms with van der Waals surface area (Å²) in [5, 5.41) is 10.1. The molecule has 40 heavy (non-hydrogen) atoms. The molecule has 3 fully saturated rings. The number of rotatable bonds is 14. The van der Waals surface area contributed by atoms with E-state index in [0.717, 1.165) is 12.8 Å². The molecule has 0 aliphatic carbocycles. The highest BCUT2D eigenvalue weighted by atomic mass is 16.5. The SMILES string of the molecule is C=CCN(CCCC)C(=O)C1N([C@H](C)CO)C(=O)[C@@H]2[C@H](C(=O)N(CC=C)c3ccc(OCC)cc3)[C@@H]3CCC12O3. The summed E-state index contributed by atoms with van der Waals surface area (Å²) in [7, 11) is 0. The number of carbonyl (C=O) groups is 3. The fraction of sp³-hybridized carbons (Fsp3) is 0.581. The van der Waals surface area contributed by atoms with E-state index >= 15 is 0 Å². The number of unbranched alkanes of at least 4 members (excludes halogenated alkanes) is 1. The number of nitrogens with zero attached hydrogens (tertiary/aromatic N) is 3. The van der Waals surface area contributed by atoms with Crippen LogP contribution in [0.2, 0.25) is 0 Å². The van der Waals surface area contributed by atoms with Crippen molar-refractivity contribution in [1.82, 2.24) is 9.80 Å². The summed E-state index contributed by atoms with van der Waals surface area (Å²) in [6, 6.07) is 5.74. The van der Waals surface area contributed by atoms with Gasteiger partial charge in [0.05, 0.1) is 37.2 Å². The van der Waals surface area contributed by atoms with Crippen molar-refractivity contribution in [2.75, 3.05) is 37.7 Å². The van der Waals surface area contributed by atoms with Gasteiger partial charge in [-0.2, -0.15) is 0 Å². The Hall–Kier alpha value is -3.17. The number of aliphatic hydroxyl groups excluding tert-OH is 1. The smallest absolute Gasteiger partial charge is 0.248 e. The van der Waals surface area contributed by atoms with E-state index in [1.807, 2.05) is 31.2 Å². The molecule has 1 spiro atoms. The molecule has 0 aromatic heterocycles. The van der Waals surface area contributed by atoms with Crippen molar-refractivity contribution in [3.8, 4) is 5.75 Å². The fourth-order valence-electron chi connectivity index (χ4n) is 6.70. The third-order valence-electron chi connectivity index (χ3n) is 8.48. The van der Waals surface area contributed by atoms with Crippen LogP contribution in [0.3, 0.4) is 0 Å². The maximum atomic E-state index is 14.3. The highest BCUT2D eigenvalue weighted by Crippen LogP contribution is 2.59. The summed E-state index contributed by atoms with van der Waals surface area (Å²) in [6.07, 6.45) is 5.67. The fourth-order valence-corrected chi connectivity index (χ4v) is 6.70. The molecule has 2 unspecified atom stereocenters. The molecule has 4 rings (SSSR count). The molecule has 3 aliphatic heterocycles. The highest BCUT2D eigenvalue weighted by molar-refractivity contribution is 6.03. The number of anilines is 1. The molecule has 6 atom stereocenters. The predicted octanol–water partition coefficient (Wildman–Crippen LogP) is 3.17. The average Bonchev–Trinajstić information content (AvgIpc) is 3.61. The first-order valence-electron chi connectivity index (χ1n) is 14.4. The Bertz CT molecular complexity index is 1110. The Labute approximate surface area is 237 Å². The number of benzene rings is 1. The topological polar surface area (TPSA) is 99.6 Å². The van der Waals surface area contributed by atoms with Gasteiger partial charge in [0.2, 0.25) is 17.7 Å². The van der Waals surface area contributed by atoms with E-state index in [9.17, 15) is 19.5 Å². The number of hydrogen-bond donors (Lipinski definition) is 1. The Morgan fingerprint density at radius 3 is 2.50 bits per heavy atom. The maximum absolute atomic E-state index is 14.3. The normalized spacial score (nSPS) is 27.3. The van der Waals surface area contributed by atoms with Gasteiger partial charge in [-0.15, -0.1) is 13.2 Å². The summed E-state index contributed by atoms with van der Waals surface area (Å²) in [4.78, 5) is 47.4.